The Morgan fingerprint density at radius 3 is 2.52 bits per heavy atom. The van der Waals surface area contributed by atoms with Crippen molar-refractivity contribution in [2.45, 2.75) is 0 Å². The highest BCUT2D eigenvalue weighted by atomic mass is 19.1. The van der Waals surface area contributed by atoms with E-state index in [1.807, 2.05) is 12.1 Å². The fourth-order valence-electron chi connectivity index (χ4n) is 3.50. The molecule has 8 heteroatoms. The van der Waals surface area contributed by atoms with E-state index in [1.54, 1.807) is 25.5 Å². The molecule has 5 rings (SSSR count). The highest BCUT2D eigenvalue weighted by Gasteiger charge is 2.18. The molecule has 0 aliphatic carbocycles. The fraction of sp³-hybridized carbons (Fsp3) is 0.0476. The maximum atomic E-state index is 13.3. The smallest absolute Gasteiger partial charge is 0.323 e. The average Bonchev–Trinajstić information content (AvgIpc) is 3.33. The van der Waals surface area contributed by atoms with Gasteiger partial charge >= 0.3 is 5.69 Å². The van der Waals surface area contributed by atoms with Crippen molar-refractivity contribution in [1.29, 1.82) is 0 Å². The lowest BCUT2D eigenvalue weighted by atomic mass is 10.0. The average molecular weight is 390 g/mol. The van der Waals surface area contributed by atoms with E-state index in [0.29, 0.717) is 33.6 Å². The molecule has 0 amide bonds. The Morgan fingerprint density at radius 1 is 0.931 bits per heavy atom. The van der Waals surface area contributed by atoms with Gasteiger partial charge in [-0.05, 0) is 42.5 Å². The Labute approximate surface area is 162 Å². The SMILES string of the molecule is Cn1cc(-c2ccc3[nH]c(=O)[nH]c3c2Oc2ccc(F)cc2)c2cc[nH]c2c1=O. The molecule has 2 aromatic carbocycles. The van der Waals surface area contributed by atoms with E-state index in [1.165, 1.54) is 28.8 Å². The van der Waals surface area contributed by atoms with Gasteiger partial charge in [0, 0.05) is 36.0 Å². The van der Waals surface area contributed by atoms with Crippen LogP contribution in [0.25, 0.3) is 33.1 Å². The van der Waals surface area contributed by atoms with Gasteiger partial charge in [0.25, 0.3) is 5.56 Å². The normalized spacial score (nSPS) is 11.4. The topological polar surface area (TPSA) is 95.7 Å². The van der Waals surface area contributed by atoms with Crippen molar-refractivity contribution in [2.24, 2.45) is 7.05 Å². The summed E-state index contributed by atoms with van der Waals surface area (Å²) >= 11 is 0. The van der Waals surface area contributed by atoms with E-state index in [2.05, 4.69) is 15.0 Å². The third kappa shape index (κ3) is 2.73. The van der Waals surface area contributed by atoms with E-state index in [9.17, 15) is 14.0 Å². The quantitative estimate of drug-likeness (QED) is 0.439. The standard InChI is InChI=1S/C21H15FN4O3/c1-26-10-15(13-8-9-23-17(13)20(26)27)14-6-7-16-18(25-21(28)24-16)19(14)29-12-4-2-11(22)3-5-12/h2-10,23H,1H3,(H2,24,25,28). The Bertz CT molecular complexity index is 1490. The molecule has 3 aromatic heterocycles. The summed E-state index contributed by atoms with van der Waals surface area (Å²) in [6.45, 7) is 0. The zero-order chi connectivity index (χ0) is 20.1. The number of ether oxygens (including phenoxy) is 1. The molecule has 0 fully saturated rings. The molecule has 0 radical (unpaired) electrons. The summed E-state index contributed by atoms with van der Waals surface area (Å²) in [5, 5.41) is 0.731. The molecular weight excluding hydrogens is 375 g/mol. The Balaban J connectivity index is 1.82. The molecule has 0 aliphatic rings. The van der Waals surface area contributed by atoms with Crippen LogP contribution in [0.4, 0.5) is 4.39 Å². The lowest BCUT2D eigenvalue weighted by Gasteiger charge is -2.14. The highest BCUT2D eigenvalue weighted by Crippen LogP contribution is 2.40. The van der Waals surface area contributed by atoms with Crippen LogP contribution in [-0.2, 0) is 7.05 Å². The molecule has 0 spiro atoms. The van der Waals surface area contributed by atoms with E-state index in [-0.39, 0.29) is 17.1 Å². The van der Waals surface area contributed by atoms with Crippen LogP contribution >= 0.6 is 0 Å². The van der Waals surface area contributed by atoms with Gasteiger partial charge < -0.3 is 24.3 Å². The monoisotopic (exact) mass is 390 g/mol. The molecule has 3 heterocycles. The maximum Gasteiger partial charge on any atom is 0.323 e. The number of rotatable bonds is 3. The number of nitrogens with one attached hydrogen (secondary N) is 3. The first-order valence-electron chi connectivity index (χ1n) is 8.87. The van der Waals surface area contributed by atoms with E-state index < -0.39 is 0 Å². The van der Waals surface area contributed by atoms with Crippen molar-refractivity contribution in [1.82, 2.24) is 19.5 Å². The van der Waals surface area contributed by atoms with Crippen LogP contribution < -0.4 is 16.0 Å². The molecule has 3 N–H and O–H groups in total. The molecule has 5 aromatic rings. The van der Waals surface area contributed by atoms with Crippen LogP contribution in [0.3, 0.4) is 0 Å². The number of hydrogen-bond donors (Lipinski definition) is 3. The number of aromatic nitrogens is 4. The minimum Gasteiger partial charge on any atom is -0.454 e. The van der Waals surface area contributed by atoms with Crippen LogP contribution in [0.15, 0.2) is 64.4 Å². The maximum absolute atomic E-state index is 13.3. The third-order valence-electron chi connectivity index (χ3n) is 4.86. The predicted octanol–water partition coefficient (Wildman–Crippen LogP) is 3.63. The molecular formula is C21H15FN4O3. The van der Waals surface area contributed by atoms with Crippen LogP contribution in [0.2, 0.25) is 0 Å². The summed E-state index contributed by atoms with van der Waals surface area (Å²) in [5.41, 5.74) is 2.45. The summed E-state index contributed by atoms with van der Waals surface area (Å²) in [6.07, 6.45) is 3.43. The number of imidazole rings is 1. The Hall–Kier alpha value is -4.07. The van der Waals surface area contributed by atoms with Gasteiger partial charge in [0.2, 0.25) is 0 Å². The number of aromatic amines is 3. The van der Waals surface area contributed by atoms with E-state index in [0.717, 1.165) is 10.9 Å². The number of halogens is 1. The summed E-state index contributed by atoms with van der Waals surface area (Å²) < 4.78 is 20.9. The van der Waals surface area contributed by atoms with Crippen molar-refractivity contribution in [3.8, 4) is 22.6 Å². The second-order valence-electron chi connectivity index (χ2n) is 6.73. The van der Waals surface area contributed by atoms with Gasteiger partial charge in [-0.2, -0.15) is 0 Å². The molecule has 29 heavy (non-hydrogen) atoms. The first-order valence-corrected chi connectivity index (χ1v) is 8.87. The second kappa shape index (κ2) is 6.23. The molecule has 0 atom stereocenters. The van der Waals surface area contributed by atoms with Gasteiger partial charge in [0.15, 0.2) is 5.75 Å². The Kier molecular flexibility index (Phi) is 3.67. The zero-order valence-corrected chi connectivity index (χ0v) is 15.2. The van der Waals surface area contributed by atoms with E-state index in [4.69, 9.17) is 4.74 Å². The first kappa shape index (κ1) is 17.1. The van der Waals surface area contributed by atoms with Crippen molar-refractivity contribution >= 4 is 21.9 Å². The summed E-state index contributed by atoms with van der Waals surface area (Å²) in [6, 6.07) is 11.0. The Morgan fingerprint density at radius 2 is 1.72 bits per heavy atom. The molecule has 0 saturated heterocycles. The van der Waals surface area contributed by atoms with Gasteiger partial charge in [0.1, 0.15) is 22.6 Å². The number of benzene rings is 2. The summed E-state index contributed by atoms with van der Waals surface area (Å²) in [4.78, 5) is 32.7. The van der Waals surface area contributed by atoms with Crippen molar-refractivity contribution in [3.05, 3.63) is 81.5 Å². The minimum atomic E-state index is -0.377. The van der Waals surface area contributed by atoms with E-state index >= 15 is 0 Å². The summed E-state index contributed by atoms with van der Waals surface area (Å²) in [5.74, 6) is 0.434. The number of aryl methyl sites for hydroxylation is 1. The van der Waals surface area contributed by atoms with Crippen LogP contribution in [-0.4, -0.2) is 19.5 Å². The van der Waals surface area contributed by atoms with Crippen molar-refractivity contribution < 1.29 is 9.13 Å². The number of pyridine rings is 1. The number of fused-ring (bicyclic) bond motifs is 2. The molecule has 0 bridgehead atoms. The van der Waals surface area contributed by atoms with Crippen molar-refractivity contribution in [2.75, 3.05) is 0 Å². The van der Waals surface area contributed by atoms with Gasteiger partial charge in [-0.15, -0.1) is 0 Å². The first-order chi connectivity index (χ1) is 14.0. The van der Waals surface area contributed by atoms with Crippen molar-refractivity contribution in [3.63, 3.8) is 0 Å². The minimum absolute atomic E-state index is 0.147. The second-order valence-corrected chi connectivity index (χ2v) is 6.73. The molecule has 144 valence electrons. The molecule has 0 saturated carbocycles. The largest absolute Gasteiger partial charge is 0.454 e. The number of nitrogens with zero attached hydrogens (tertiary/aromatic N) is 1. The van der Waals surface area contributed by atoms with Gasteiger partial charge in [0.05, 0.1) is 5.52 Å². The highest BCUT2D eigenvalue weighted by molar-refractivity contribution is 6.00. The summed E-state index contributed by atoms with van der Waals surface area (Å²) in [7, 11) is 1.67. The van der Waals surface area contributed by atoms with Gasteiger partial charge in [-0.3, -0.25) is 4.79 Å². The van der Waals surface area contributed by atoms with Crippen LogP contribution in [0, 0.1) is 5.82 Å². The molecule has 7 nitrogen and oxygen atoms in total. The lowest BCUT2D eigenvalue weighted by molar-refractivity contribution is 0.487. The third-order valence-corrected chi connectivity index (χ3v) is 4.86. The van der Waals surface area contributed by atoms with Crippen LogP contribution in [0.5, 0.6) is 11.5 Å². The zero-order valence-electron chi connectivity index (χ0n) is 15.2. The molecule has 0 aliphatic heterocycles. The van der Waals surface area contributed by atoms with Gasteiger partial charge in [-0.25, -0.2) is 9.18 Å². The van der Waals surface area contributed by atoms with Gasteiger partial charge in [-0.1, -0.05) is 0 Å². The predicted molar refractivity (Wildman–Crippen MR) is 108 cm³/mol. The van der Waals surface area contributed by atoms with Crippen LogP contribution in [0.1, 0.15) is 0 Å². The lowest BCUT2D eigenvalue weighted by Crippen LogP contribution is -2.16. The number of hydrogen-bond acceptors (Lipinski definition) is 3. The number of H-pyrrole nitrogens is 3. The fourth-order valence-corrected chi connectivity index (χ4v) is 3.50. The molecule has 0 unspecified atom stereocenters.